The SMILES string of the molecule is Cc1cc(C2(CC(=O)O)CC2)c(F)cc1Br. The lowest BCUT2D eigenvalue weighted by Gasteiger charge is -2.15. The molecule has 86 valence electrons. The number of carbonyl (C=O) groups is 1. The van der Waals surface area contributed by atoms with Crippen molar-refractivity contribution in [3.8, 4) is 0 Å². The van der Waals surface area contributed by atoms with Crippen molar-refractivity contribution in [3.05, 3.63) is 33.5 Å². The summed E-state index contributed by atoms with van der Waals surface area (Å²) in [5.74, 6) is -1.17. The van der Waals surface area contributed by atoms with Crippen LogP contribution in [0.5, 0.6) is 0 Å². The molecule has 0 heterocycles. The van der Waals surface area contributed by atoms with Crippen molar-refractivity contribution in [3.63, 3.8) is 0 Å². The third-order valence-electron chi connectivity index (χ3n) is 3.16. The summed E-state index contributed by atoms with van der Waals surface area (Å²) in [4.78, 5) is 10.8. The first-order chi connectivity index (χ1) is 7.44. The third kappa shape index (κ3) is 1.98. The van der Waals surface area contributed by atoms with Gasteiger partial charge in [-0.15, -0.1) is 0 Å². The Balaban J connectivity index is 2.41. The second-order valence-corrected chi connectivity index (χ2v) is 5.29. The number of halogens is 2. The van der Waals surface area contributed by atoms with Crippen LogP contribution in [0.15, 0.2) is 16.6 Å². The number of aryl methyl sites for hydroxylation is 1. The van der Waals surface area contributed by atoms with Gasteiger partial charge in [0.1, 0.15) is 5.82 Å². The molecule has 1 fully saturated rings. The first kappa shape index (κ1) is 11.6. The van der Waals surface area contributed by atoms with E-state index in [0.29, 0.717) is 5.56 Å². The topological polar surface area (TPSA) is 37.3 Å². The van der Waals surface area contributed by atoms with Crippen LogP contribution in [-0.4, -0.2) is 11.1 Å². The minimum Gasteiger partial charge on any atom is -0.481 e. The molecule has 4 heteroatoms. The summed E-state index contributed by atoms with van der Waals surface area (Å²) in [6.07, 6.45) is 1.54. The van der Waals surface area contributed by atoms with Gasteiger partial charge in [-0.1, -0.05) is 22.0 Å². The zero-order valence-corrected chi connectivity index (χ0v) is 10.5. The van der Waals surface area contributed by atoms with E-state index in [1.165, 1.54) is 6.07 Å². The molecular formula is C12H12BrFO2. The third-order valence-corrected chi connectivity index (χ3v) is 4.02. The Labute approximate surface area is 102 Å². The molecule has 0 saturated heterocycles. The van der Waals surface area contributed by atoms with Gasteiger partial charge >= 0.3 is 5.97 Å². The van der Waals surface area contributed by atoms with Crippen molar-refractivity contribution in [2.45, 2.75) is 31.6 Å². The van der Waals surface area contributed by atoms with Gasteiger partial charge in [0.05, 0.1) is 6.42 Å². The number of rotatable bonds is 3. The van der Waals surface area contributed by atoms with E-state index in [2.05, 4.69) is 15.9 Å². The summed E-state index contributed by atoms with van der Waals surface area (Å²) in [5.41, 5.74) is 1.03. The number of carboxylic acids is 1. The molecule has 16 heavy (non-hydrogen) atoms. The summed E-state index contributed by atoms with van der Waals surface area (Å²) in [5, 5.41) is 8.83. The Morgan fingerprint density at radius 2 is 2.19 bits per heavy atom. The minimum atomic E-state index is -0.863. The molecule has 1 aromatic rings. The maximum absolute atomic E-state index is 13.8. The monoisotopic (exact) mass is 286 g/mol. The number of hydrogen-bond donors (Lipinski definition) is 1. The van der Waals surface area contributed by atoms with Crippen molar-refractivity contribution >= 4 is 21.9 Å². The van der Waals surface area contributed by atoms with E-state index < -0.39 is 11.4 Å². The molecule has 0 bridgehead atoms. The fourth-order valence-corrected chi connectivity index (χ4v) is 2.36. The van der Waals surface area contributed by atoms with Crippen LogP contribution in [0.2, 0.25) is 0 Å². The summed E-state index contributed by atoms with van der Waals surface area (Å²) in [6, 6.07) is 3.18. The predicted octanol–water partition coefficient (Wildman–Crippen LogP) is 3.40. The Morgan fingerprint density at radius 1 is 1.56 bits per heavy atom. The molecular weight excluding hydrogens is 275 g/mol. The van der Waals surface area contributed by atoms with Crippen LogP contribution in [0.25, 0.3) is 0 Å². The zero-order chi connectivity index (χ0) is 11.9. The second kappa shape index (κ2) is 3.84. The van der Waals surface area contributed by atoms with Crippen molar-refractivity contribution in [2.24, 2.45) is 0 Å². The molecule has 1 aliphatic rings. The molecule has 0 amide bonds. The molecule has 0 aliphatic heterocycles. The molecule has 1 aliphatic carbocycles. The van der Waals surface area contributed by atoms with Crippen molar-refractivity contribution in [2.75, 3.05) is 0 Å². The molecule has 2 rings (SSSR count). The highest BCUT2D eigenvalue weighted by Crippen LogP contribution is 2.52. The van der Waals surface area contributed by atoms with E-state index in [1.54, 1.807) is 6.07 Å². The Morgan fingerprint density at radius 3 is 2.69 bits per heavy atom. The van der Waals surface area contributed by atoms with E-state index in [0.717, 1.165) is 22.9 Å². The van der Waals surface area contributed by atoms with Crippen molar-refractivity contribution < 1.29 is 14.3 Å². The van der Waals surface area contributed by atoms with Crippen LogP contribution in [-0.2, 0) is 10.2 Å². The lowest BCUT2D eigenvalue weighted by Crippen LogP contribution is -2.15. The Kier molecular flexibility index (Phi) is 2.78. The van der Waals surface area contributed by atoms with Gasteiger partial charge in [0.25, 0.3) is 0 Å². The summed E-state index contributed by atoms with van der Waals surface area (Å²) in [7, 11) is 0. The summed E-state index contributed by atoms with van der Waals surface area (Å²) < 4.78 is 14.5. The molecule has 2 nitrogen and oxygen atoms in total. The van der Waals surface area contributed by atoms with Gasteiger partial charge in [-0.2, -0.15) is 0 Å². The van der Waals surface area contributed by atoms with Gasteiger partial charge in [-0.3, -0.25) is 4.79 Å². The molecule has 1 saturated carbocycles. The fraction of sp³-hybridized carbons (Fsp3) is 0.417. The van der Waals surface area contributed by atoms with E-state index in [-0.39, 0.29) is 12.2 Å². The average molecular weight is 287 g/mol. The number of hydrogen-bond acceptors (Lipinski definition) is 1. The molecule has 0 atom stereocenters. The molecule has 0 radical (unpaired) electrons. The lowest BCUT2D eigenvalue weighted by molar-refractivity contribution is -0.137. The summed E-state index contributed by atoms with van der Waals surface area (Å²) in [6.45, 7) is 1.88. The highest BCUT2D eigenvalue weighted by atomic mass is 79.9. The second-order valence-electron chi connectivity index (χ2n) is 4.43. The van der Waals surface area contributed by atoms with Crippen LogP contribution in [0.1, 0.15) is 30.4 Å². The number of carboxylic acid groups (broad SMARTS) is 1. The van der Waals surface area contributed by atoms with Crippen LogP contribution in [0.3, 0.4) is 0 Å². The quantitative estimate of drug-likeness (QED) is 0.925. The highest BCUT2D eigenvalue weighted by molar-refractivity contribution is 9.10. The zero-order valence-electron chi connectivity index (χ0n) is 8.89. The maximum Gasteiger partial charge on any atom is 0.304 e. The Bertz CT molecular complexity index is 453. The lowest BCUT2D eigenvalue weighted by atomic mass is 9.91. The van der Waals surface area contributed by atoms with Gasteiger partial charge in [0, 0.05) is 9.89 Å². The van der Waals surface area contributed by atoms with Gasteiger partial charge < -0.3 is 5.11 Å². The minimum absolute atomic E-state index is 0.0188. The molecule has 1 N–H and O–H groups in total. The smallest absolute Gasteiger partial charge is 0.304 e. The number of benzene rings is 1. The maximum atomic E-state index is 13.8. The predicted molar refractivity (Wildman–Crippen MR) is 62.0 cm³/mol. The Hall–Kier alpha value is -0.900. The van der Waals surface area contributed by atoms with E-state index >= 15 is 0 Å². The van der Waals surface area contributed by atoms with Gasteiger partial charge in [-0.05, 0) is 37.0 Å². The van der Waals surface area contributed by atoms with Crippen LogP contribution >= 0.6 is 15.9 Å². The van der Waals surface area contributed by atoms with Crippen LogP contribution in [0.4, 0.5) is 4.39 Å². The molecule has 0 aromatic heterocycles. The first-order valence-electron chi connectivity index (χ1n) is 5.12. The largest absolute Gasteiger partial charge is 0.481 e. The van der Waals surface area contributed by atoms with Crippen molar-refractivity contribution in [1.29, 1.82) is 0 Å². The first-order valence-corrected chi connectivity index (χ1v) is 5.92. The van der Waals surface area contributed by atoms with Gasteiger partial charge in [-0.25, -0.2) is 4.39 Å². The van der Waals surface area contributed by atoms with Gasteiger partial charge in [0.15, 0.2) is 0 Å². The standard InChI is InChI=1S/C12H12BrFO2/c1-7-4-8(10(14)5-9(7)13)12(2-3-12)6-11(15)16/h4-5H,2-3,6H2,1H3,(H,15,16). The molecule has 0 spiro atoms. The average Bonchev–Trinajstić information content (AvgIpc) is 2.91. The van der Waals surface area contributed by atoms with Gasteiger partial charge in [0.2, 0.25) is 0 Å². The molecule has 1 aromatic carbocycles. The van der Waals surface area contributed by atoms with E-state index in [4.69, 9.17) is 5.11 Å². The summed E-state index contributed by atoms with van der Waals surface area (Å²) >= 11 is 3.26. The fourth-order valence-electron chi connectivity index (χ4n) is 2.05. The van der Waals surface area contributed by atoms with Crippen LogP contribution < -0.4 is 0 Å². The van der Waals surface area contributed by atoms with Crippen molar-refractivity contribution in [1.82, 2.24) is 0 Å². The van der Waals surface area contributed by atoms with E-state index in [1.807, 2.05) is 6.92 Å². The molecule has 0 unspecified atom stereocenters. The number of aliphatic carboxylic acids is 1. The normalized spacial score (nSPS) is 17.2. The van der Waals surface area contributed by atoms with E-state index in [9.17, 15) is 9.18 Å². The van der Waals surface area contributed by atoms with Crippen LogP contribution in [0, 0.1) is 12.7 Å². The highest BCUT2D eigenvalue weighted by Gasteiger charge is 2.47.